The zero-order chi connectivity index (χ0) is 19.6. The number of nitrogens with one attached hydrogen (secondary N) is 1. The van der Waals surface area contributed by atoms with Gasteiger partial charge in [0.15, 0.2) is 16.6 Å². The quantitative estimate of drug-likeness (QED) is 0.746. The SMILES string of the molecule is COc1cc(Nc2nc(N)c(C3=NC(C(C)C)CO3)s2)cc(OC)c1OC. The average Bonchev–Trinajstić information content (AvgIpc) is 3.27. The fraction of sp³-hybridized carbons (Fsp3) is 0.444. The van der Waals surface area contributed by atoms with E-state index in [4.69, 9.17) is 24.7 Å². The molecule has 3 rings (SSSR count). The fourth-order valence-corrected chi connectivity index (χ4v) is 3.53. The maximum Gasteiger partial charge on any atom is 0.230 e. The maximum atomic E-state index is 6.08. The molecule has 27 heavy (non-hydrogen) atoms. The van der Waals surface area contributed by atoms with Crippen molar-refractivity contribution in [2.75, 3.05) is 39.0 Å². The van der Waals surface area contributed by atoms with E-state index in [0.29, 0.717) is 46.6 Å². The van der Waals surface area contributed by atoms with Crippen molar-refractivity contribution in [1.82, 2.24) is 4.98 Å². The fourth-order valence-electron chi connectivity index (χ4n) is 2.67. The molecule has 9 heteroatoms. The summed E-state index contributed by atoms with van der Waals surface area (Å²) in [4.78, 5) is 9.73. The van der Waals surface area contributed by atoms with Crippen LogP contribution in [-0.2, 0) is 4.74 Å². The van der Waals surface area contributed by atoms with Crippen molar-refractivity contribution in [3.63, 3.8) is 0 Å². The molecule has 1 atom stereocenters. The van der Waals surface area contributed by atoms with Crippen LogP contribution in [0, 0.1) is 5.92 Å². The van der Waals surface area contributed by atoms with Crippen LogP contribution < -0.4 is 25.3 Å². The van der Waals surface area contributed by atoms with Crippen molar-refractivity contribution in [2.45, 2.75) is 19.9 Å². The van der Waals surface area contributed by atoms with Gasteiger partial charge in [-0.25, -0.2) is 9.98 Å². The van der Waals surface area contributed by atoms with Gasteiger partial charge in [-0.3, -0.25) is 0 Å². The highest BCUT2D eigenvalue weighted by Gasteiger charge is 2.26. The van der Waals surface area contributed by atoms with Gasteiger partial charge in [-0.1, -0.05) is 25.2 Å². The van der Waals surface area contributed by atoms with E-state index in [1.54, 1.807) is 33.5 Å². The molecule has 1 aliphatic heterocycles. The first-order valence-electron chi connectivity index (χ1n) is 8.51. The molecule has 2 heterocycles. The second-order valence-electron chi connectivity index (χ2n) is 6.33. The predicted molar refractivity (Wildman–Crippen MR) is 107 cm³/mol. The monoisotopic (exact) mass is 392 g/mol. The van der Waals surface area contributed by atoms with E-state index in [2.05, 4.69) is 29.1 Å². The van der Waals surface area contributed by atoms with E-state index < -0.39 is 0 Å². The summed E-state index contributed by atoms with van der Waals surface area (Å²) >= 11 is 1.39. The summed E-state index contributed by atoms with van der Waals surface area (Å²) in [6.07, 6.45) is 0. The van der Waals surface area contributed by atoms with Gasteiger partial charge < -0.3 is 30.0 Å². The number of hydrogen-bond donors (Lipinski definition) is 2. The van der Waals surface area contributed by atoms with Crippen molar-refractivity contribution < 1.29 is 18.9 Å². The van der Waals surface area contributed by atoms with Gasteiger partial charge in [-0.2, -0.15) is 0 Å². The third kappa shape index (κ3) is 3.87. The highest BCUT2D eigenvalue weighted by atomic mass is 32.1. The first-order valence-corrected chi connectivity index (χ1v) is 9.32. The minimum absolute atomic E-state index is 0.146. The van der Waals surface area contributed by atoms with Gasteiger partial charge in [0, 0.05) is 17.8 Å². The average molecular weight is 392 g/mol. The van der Waals surface area contributed by atoms with E-state index in [-0.39, 0.29) is 6.04 Å². The summed E-state index contributed by atoms with van der Waals surface area (Å²) in [6, 6.07) is 3.75. The Morgan fingerprint density at radius 3 is 2.37 bits per heavy atom. The van der Waals surface area contributed by atoms with Crippen molar-refractivity contribution >= 4 is 33.9 Å². The Hall–Kier alpha value is -2.68. The summed E-state index contributed by atoms with van der Waals surface area (Å²) in [6.45, 7) is 4.81. The molecule has 0 spiro atoms. The second-order valence-corrected chi connectivity index (χ2v) is 7.33. The molecule has 1 aliphatic rings. The number of nitrogens with two attached hydrogens (primary N) is 1. The molecule has 2 aromatic rings. The summed E-state index contributed by atoms with van der Waals surface area (Å²) in [7, 11) is 4.70. The molecule has 1 aromatic carbocycles. The Balaban J connectivity index is 1.86. The van der Waals surface area contributed by atoms with Crippen LogP contribution in [0.5, 0.6) is 17.2 Å². The number of thiazole rings is 1. The van der Waals surface area contributed by atoms with E-state index >= 15 is 0 Å². The molecule has 1 unspecified atom stereocenters. The molecule has 3 N–H and O–H groups in total. The van der Waals surface area contributed by atoms with Crippen molar-refractivity contribution in [1.29, 1.82) is 0 Å². The molecule has 8 nitrogen and oxygen atoms in total. The van der Waals surface area contributed by atoms with E-state index in [1.807, 2.05) is 0 Å². The Bertz CT molecular complexity index is 825. The van der Waals surface area contributed by atoms with Crippen LogP contribution in [-0.4, -0.2) is 44.9 Å². The number of ether oxygens (including phenoxy) is 4. The van der Waals surface area contributed by atoms with Crippen LogP contribution in [0.3, 0.4) is 0 Å². The van der Waals surface area contributed by atoms with Crippen LogP contribution >= 0.6 is 11.3 Å². The molecule has 146 valence electrons. The summed E-state index contributed by atoms with van der Waals surface area (Å²) in [5, 5.41) is 3.85. The zero-order valence-corrected chi connectivity index (χ0v) is 16.8. The minimum Gasteiger partial charge on any atom is -0.493 e. The standard InChI is InChI=1S/C18H24N4O4S/c1-9(2)11-8-26-17(21-11)15-16(19)22-18(27-15)20-10-6-12(23-3)14(25-5)13(7-10)24-4/h6-7,9,11H,8,19H2,1-5H3,(H,20,22). The first kappa shape index (κ1) is 19.1. The Morgan fingerprint density at radius 2 is 1.85 bits per heavy atom. The van der Waals surface area contributed by atoms with Crippen LogP contribution in [0.4, 0.5) is 16.6 Å². The van der Waals surface area contributed by atoms with Crippen molar-refractivity contribution in [3.8, 4) is 17.2 Å². The highest BCUT2D eigenvalue weighted by Crippen LogP contribution is 2.41. The van der Waals surface area contributed by atoms with E-state index in [9.17, 15) is 0 Å². The Morgan fingerprint density at radius 1 is 1.19 bits per heavy atom. The van der Waals surface area contributed by atoms with E-state index in [0.717, 1.165) is 10.6 Å². The van der Waals surface area contributed by atoms with Gasteiger partial charge in [0.2, 0.25) is 11.6 Å². The summed E-state index contributed by atoms with van der Waals surface area (Å²) in [5.41, 5.74) is 6.82. The molecule has 1 aromatic heterocycles. The minimum atomic E-state index is 0.146. The smallest absolute Gasteiger partial charge is 0.230 e. The zero-order valence-electron chi connectivity index (χ0n) is 16.0. The van der Waals surface area contributed by atoms with Crippen LogP contribution in [0.1, 0.15) is 18.7 Å². The van der Waals surface area contributed by atoms with Crippen molar-refractivity contribution in [2.24, 2.45) is 10.9 Å². The second kappa shape index (κ2) is 7.91. The van der Waals surface area contributed by atoms with Crippen LogP contribution in [0.25, 0.3) is 0 Å². The first-order chi connectivity index (χ1) is 13.0. The number of aliphatic imine (C=N–C) groups is 1. The molecular formula is C18H24N4O4S. The molecule has 0 amide bonds. The van der Waals surface area contributed by atoms with Gasteiger partial charge >= 0.3 is 0 Å². The summed E-state index contributed by atoms with van der Waals surface area (Å²) in [5.74, 6) is 2.98. The lowest BCUT2D eigenvalue weighted by atomic mass is 10.1. The number of anilines is 3. The lowest BCUT2D eigenvalue weighted by Gasteiger charge is -2.14. The van der Waals surface area contributed by atoms with E-state index in [1.165, 1.54) is 11.3 Å². The number of benzene rings is 1. The van der Waals surface area contributed by atoms with Gasteiger partial charge in [0.1, 0.15) is 17.3 Å². The van der Waals surface area contributed by atoms with Gasteiger partial charge in [-0.05, 0) is 5.92 Å². The number of methoxy groups -OCH3 is 3. The molecule has 0 saturated heterocycles. The number of rotatable bonds is 7. The largest absolute Gasteiger partial charge is 0.493 e. The Kier molecular flexibility index (Phi) is 5.59. The van der Waals surface area contributed by atoms with Gasteiger partial charge in [0.25, 0.3) is 0 Å². The van der Waals surface area contributed by atoms with Crippen LogP contribution in [0.2, 0.25) is 0 Å². The topological polar surface area (TPSA) is 100 Å². The lowest BCUT2D eigenvalue weighted by molar-refractivity contribution is 0.292. The van der Waals surface area contributed by atoms with Gasteiger partial charge in [-0.15, -0.1) is 0 Å². The molecule has 0 bridgehead atoms. The number of hydrogen-bond acceptors (Lipinski definition) is 9. The molecular weight excluding hydrogens is 368 g/mol. The Labute approximate surface area is 162 Å². The van der Waals surface area contributed by atoms with Crippen molar-refractivity contribution in [3.05, 3.63) is 17.0 Å². The number of nitrogen functional groups attached to an aromatic ring is 1. The third-order valence-corrected chi connectivity index (χ3v) is 5.18. The predicted octanol–water partition coefficient (Wildman–Crippen LogP) is 3.30. The third-order valence-electron chi connectivity index (χ3n) is 4.21. The summed E-state index contributed by atoms with van der Waals surface area (Å²) < 4.78 is 21.8. The highest BCUT2D eigenvalue weighted by molar-refractivity contribution is 7.18. The lowest BCUT2D eigenvalue weighted by Crippen LogP contribution is -2.13. The number of aromatic nitrogens is 1. The van der Waals surface area contributed by atoms with Crippen LogP contribution in [0.15, 0.2) is 17.1 Å². The molecule has 0 fully saturated rings. The molecule has 0 saturated carbocycles. The molecule has 0 aliphatic carbocycles. The maximum absolute atomic E-state index is 6.08. The van der Waals surface area contributed by atoms with Gasteiger partial charge in [0.05, 0.1) is 27.4 Å². The molecule has 0 radical (unpaired) electrons. The number of nitrogens with zero attached hydrogens (tertiary/aromatic N) is 2. The normalized spacial score (nSPS) is 16.1.